The van der Waals surface area contributed by atoms with Crippen LogP contribution in [0.2, 0.25) is 0 Å². The Bertz CT molecular complexity index is 271. The molecule has 0 saturated carbocycles. The van der Waals surface area contributed by atoms with Crippen LogP contribution >= 0.6 is 0 Å². The average Bonchev–Trinajstić information content (AvgIpc) is 2.27. The molecule has 1 N–H and O–H groups in total. The monoisotopic (exact) mass is 166 g/mol. The lowest BCUT2D eigenvalue weighted by molar-refractivity contribution is -0.132. The van der Waals surface area contributed by atoms with E-state index in [2.05, 4.69) is 0 Å². The van der Waals surface area contributed by atoms with Crippen molar-refractivity contribution >= 4 is 5.97 Å². The van der Waals surface area contributed by atoms with E-state index < -0.39 is 5.97 Å². The van der Waals surface area contributed by atoms with Crippen molar-refractivity contribution in [1.82, 2.24) is 0 Å². The number of allylic oxidation sites excluding steroid dienone is 4. The van der Waals surface area contributed by atoms with Gasteiger partial charge in [0.2, 0.25) is 0 Å². The van der Waals surface area contributed by atoms with Crippen molar-refractivity contribution in [1.29, 1.82) is 0 Å². The van der Waals surface area contributed by atoms with E-state index in [1.165, 1.54) is 7.11 Å². The van der Waals surface area contributed by atoms with Gasteiger partial charge in [-0.05, 0) is 6.08 Å². The zero-order valence-corrected chi connectivity index (χ0v) is 6.78. The lowest BCUT2D eigenvalue weighted by atomic mass is 10.1. The first kappa shape index (κ1) is 8.59. The van der Waals surface area contributed by atoms with Gasteiger partial charge in [0.05, 0.1) is 12.7 Å². The van der Waals surface area contributed by atoms with Crippen LogP contribution in [0, 0.1) is 0 Å². The topological polar surface area (TPSA) is 46.5 Å². The minimum absolute atomic E-state index is 0.294. The van der Waals surface area contributed by atoms with Crippen LogP contribution < -0.4 is 0 Å². The number of aliphatic carboxylic acids is 1. The van der Waals surface area contributed by atoms with Crippen molar-refractivity contribution in [3.8, 4) is 0 Å². The molecule has 0 aliphatic heterocycles. The predicted molar refractivity (Wildman–Crippen MR) is 44.6 cm³/mol. The van der Waals surface area contributed by atoms with E-state index in [0.29, 0.717) is 17.8 Å². The molecule has 0 aromatic heterocycles. The maximum atomic E-state index is 10.7. The number of rotatable bonds is 2. The third-order valence-electron chi connectivity index (χ3n) is 1.59. The molecule has 64 valence electrons. The number of hydrogen-bond donors (Lipinski definition) is 1. The van der Waals surface area contributed by atoms with Gasteiger partial charge in [0.1, 0.15) is 5.76 Å². The van der Waals surface area contributed by atoms with E-state index >= 15 is 0 Å². The fourth-order valence-corrected chi connectivity index (χ4v) is 0.993. The quantitative estimate of drug-likeness (QED) is 0.676. The zero-order chi connectivity index (χ0) is 8.97. The molecule has 0 fully saturated rings. The highest BCUT2D eigenvalue weighted by atomic mass is 16.5. The van der Waals surface area contributed by atoms with Crippen molar-refractivity contribution < 1.29 is 14.6 Å². The molecule has 0 aromatic rings. The molecule has 0 heterocycles. The highest BCUT2D eigenvalue weighted by molar-refractivity contribution is 5.88. The Morgan fingerprint density at radius 2 is 2.33 bits per heavy atom. The van der Waals surface area contributed by atoms with Crippen LogP contribution in [0.5, 0.6) is 0 Å². The molecule has 12 heavy (non-hydrogen) atoms. The molecular formula is C9H10O3. The van der Waals surface area contributed by atoms with Crippen LogP contribution in [0.1, 0.15) is 6.42 Å². The van der Waals surface area contributed by atoms with Gasteiger partial charge in [-0.1, -0.05) is 18.2 Å². The maximum Gasteiger partial charge on any atom is 0.335 e. The highest BCUT2D eigenvalue weighted by Crippen LogP contribution is 2.15. The highest BCUT2D eigenvalue weighted by Gasteiger charge is 2.12. The van der Waals surface area contributed by atoms with E-state index in [1.807, 2.05) is 0 Å². The smallest absolute Gasteiger partial charge is 0.335 e. The normalized spacial score (nSPS) is 16.1. The summed E-state index contributed by atoms with van der Waals surface area (Å²) in [6, 6.07) is 0. The second-order valence-electron chi connectivity index (χ2n) is 2.34. The molecule has 0 atom stereocenters. The number of ether oxygens (including phenoxy) is 1. The first-order valence-corrected chi connectivity index (χ1v) is 3.59. The van der Waals surface area contributed by atoms with Gasteiger partial charge in [-0.2, -0.15) is 0 Å². The molecule has 0 aromatic carbocycles. The number of carbonyl (C=O) groups is 1. The number of hydrogen-bond acceptors (Lipinski definition) is 2. The largest absolute Gasteiger partial charge is 0.496 e. The molecule has 0 radical (unpaired) electrons. The molecule has 1 rings (SSSR count). The third-order valence-corrected chi connectivity index (χ3v) is 1.59. The molecule has 0 spiro atoms. The Morgan fingerprint density at radius 1 is 1.58 bits per heavy atom. The van der Waals surface area contributed by atoms with Crippen LogP contribution in [0.25, 0.3) is 0 Å². The Morgan fingerprint density at radius 3 is 2.92 bits per heavy atom. The Kier molecular flexibility index (Phi) is 2.69. The van der Waals surface area contributed by atoms with Crippen molar-refractivity contribution in [2.45, 2.75) is 6.42 Å². The van der Waals surface area contributed by atoms with Crippen LogP contribution in [0.15, 0.2) is 35.6 Å². The van der Waals surface area contributed by atoms with Crippen molar-refractivity contribution in [3.05, 3.63) is 35.6 Å². The Balaban J connectivity index is 3.01. The van der Waals surface area contributed by atoms with Gasteiger partial charge in [0, 0.05) is 6.42 Å². The minimum Gasteiger partial charge on any atom is -0.496 e. The molecule has 3 nitrogen and oxygen atoms in total. The minimum atomic E-state index is -0.928. The van der Waals surface area contributed by atoms with E-state index in [0.717, 1.165) is 0 Å². The summed E-state index contributed by atoms with van der Waals surface area (Å²) < 4.78 is 4.92. The molecule has 0 unspecified atom stereocenters. The standard InChI is InChI=1S/C9H10O3/c1-12-8-6-4-2-3-5-7(8)9(10)11/h2-4,6H,5H2,1H3,(H,10,11). The third kappa shape index (κ3) is 1.75. The molecular weight excluding hydrogens is 156 g/mol. The summed E-state index contributed by atoms with van der Waals surface area (Å²) in [4.78, 5) is 10.7. The van der Waals surface area contributed by atoms with Crippen molar-refractivity contribution in [2.75, 3.05) is 7.11 Å². The zero-order valence-electron chi connectivity index (χ0n) is 6.78. The van der Waals surface area contributed by atoms with E-state index in [4.69, 9.17) is 9.84 Å². The van der Waals surface area contributed by atoms with E-state index in [1.54, 1.807) is 24.3 Å². The Labute approximate surface area is 70.7 Å². The summed E-state index contributed by atoms with van der Waals surface area (Å²) in [6.07, 6.45) is 7.40. The number of carboxylic acid groups (broad SMARTS) is 1. The summed E-state index contributed by atoms with van der Waals surface area (Å²) in [5, 5.41) is 8.76. The average molecular weight is 166 g/mol. The molecule has 0 bridgehead atoms. The first-order valence-electron chi connectivity index (χ1n) is 3.59. The molecule has 0 amide bonds. The maximum absolute atomic E-state index is 10.7. The molecule has 3 heteroatoms. The van der Waals surface area contributed by atoms with Crippen LogP contribution in [-0.2, 0) is 9.53 Å². The molecule has 1 aliphatic rings. The van der Waals surface area contributed by atoms with Gasteiger partial charge < -0.3 is 9.84 Å². The van der Waals surface area contributed by atoms with Gasteiger partial charge >= 0.3 is 5.97 Å². The molecule has 0 saturated heterocycles. The van der Waals surface area contributed by atoms with Crippen LogP contribution in [0.4, 0.5) is 0 Å². The SMILES string of the molecule is COC1=C(C(=O)O)CC=CC=C1. The summed E-state index contributed by atoms with van der Waals surface area (Å²) in [6.45, 7) is 0. The summed E-state index contributed by atoms with van der Waals surface area (Å²) in [7, 11) is 1.47. The summed E-state index contributed by atoms with van der Waals surface area (Å²) >= 11 is 0. The fourth-order valence-electron chi connectivity index (χ4n) is 0.993. The van der Waals surface area contributed by atoms with Gasteiger partial charge in [-0.15, -0.1) is 0 Å². The Hall–Kier alpha value is -1.51. The first-order chi connectivity index (χ1) is 5.75. The van der Waals surface area contributed by atoms with E-state index in [9.17, 15) is 4.79 Å². The predicted octanol–water partition coefficient (Wildman–Crippen LogP) is 1.49. The second kappa shape index (κ2) is 3.76. The van der Waals surface area contributed by atoms with Crippen LogP contribution in [-0.4, -0.2) is 18.2 Å². The molecule has 1 aliphatic carbocycles. The van der Waals surface area contributed by atoms with Gasteiger partial charge in [0.15, 0.2) is 0 Å². The second-order valence-corrected chi connectivity index (χ2v) is 2.34. The van der Waals surface area contributed by atoms with Gasteiger partial charge in [-0.3, -0.25) is 0 Å². The van der Waals surface area contributed by atoms with Crippen molar-refractivity contribution in [2.24, 2.45) is 0 Å². The lowest BCUT2D eigenvalue weighted by Gasteiger charge is -2.03. The number of carboxylic acids is 1. The summed E-state index contributed by atoms with van der Waals surface area (Å²) in [5.41, 5.74) is 0.294. The summed E-state index contributed by atoms with van der Waals surface area (Å²) in [5.74, 6) is -0.504. The van der Waals surface area contributed by atoms with E-state index in [-0.39, 0.29) is 0 Å². The van der Waals surface area contributed by atoms with Gasteiger partial charge in [-0.25, -0.2) is 4.79 Å². The van der Waals surface area contributed by atoms with Gasteiger partial charge in [0.25, 0.3) is 0 Å². The number of methoxy groups -OCH3 is 1. The fraction of sp³-hybridized carbons (Fsp3) is 0.222. The lowest BCUT2D eigenvalue weighted by Crippen LogP contribution is -2.03. The van der Waals surface area contributed by atoms with Crippen molar-refractivity contribution in [3.63, 3.8) is 0 Å². The van der Waals surface area contributed by atoms with Crippen LogP contribution in [0.3, 0.4) is 0 Å².